The van der Waals surface area contributed by atoms with Crippen LogP contribution < -0.4 is 14.8 Å². The van der Waals surface area contributed by atoms with E-state index in [-0.39, 0.29) is 18.2 Å². The summed E-state index contributed by atoms with van der Waals surface area (Å²) in [6.07, 6.45) is -0.147. The summed E-state index contributed by atoms with van der Waals surface area (Å²) in [6, 6.07) is 2.60. The van der Waals surface area contributed by atoms with Gasteiger partial charge in [0, 0.05) is 18.0 Å². The summed E-state index contributed by atoms with van der Waals surface area (Å²) in [7, 11) is 3.55. The molecule has 1 saturated heterocycles. The van der Waals surface area contributed by atoms with E-state index in [0.717, 1.165) is 17.7 Å². The van der Waals surface area contributed by atoms with Gasteiger partial charge in [-0.05, 0) is 51.1 Å². The zero-order valence-electron chi connectivity index (χ0n) is 20.3. The summed E-state index contributed by atoms with van der Waals surface area (Å²) in [5, 5.41) is 32.7. The van der Waals surface area contributed by atoms with Gasteiger partial charge in [0.25, 0.3) is 0 Å². The van der Waals surface area contributed by atoms with Gasteiger partial charge in [0.2, 0.25) is 5.91 Å². The highest BCUT2D eigenvalue weighted by molar-refractivity contribution is 5.87. The van der Waals surface area contributed by atoms with E-state index in [0.29, 0.717) is 24.3 Å². The number of aliphatic carboxylic acids is 1. The Hall–Kier alpha value is -3.15. The van der Waals surface area contributed by atoms with Crippen LogP contribution in [0.25, 0.3) is 0 Å². The maximum absolute atomic E-state index is 12.9. The Labute approximate surface area is 207 Å². The Kier molecular flexibility index (Phi) is 5.77. The number of piperidine rings is 1. The highest BCUT2D eigenvalue weighted by Gasteiger charge is 2.72. The number of rotatable bonds is 7. The third kappa shape index (κ3) is 3.33. The van der Waals surface area contributed by atoms with Gasteiger partial charge < -0.3 is 39.7 Å². The van der Waals surface area contributed by atoms with Crippen molar-refractivity contribution in [2.75, 3.05) is 20.7 Å². The molecule has 0 aromatic heterocycles. The number of carbonyl (C=O) groups is 3. The monoisotopic (exact) mass is 502 g/mol. The number of carboxylic acid groups (broad SMARTS) is 1. The number of hydrogen-bond donors (Lipinski definition) is 4. The number of amides is 1. The lowest BCUT2D eigenvalue weighted by molar-refractivity contribution is -0.170. The fraction of sp³-hybridized carbons (Fsp3) is 0.560. The van der Waals surface area contributed by atoms with Gasteiger partial charge in [0.1, 0.15) is 11.8 Å². The summed E-state index contributed by atoms with van der Waals surface area (Å²) in [6.45, 7) is 2.13. The van der Waals surface area contributed by atoms with Gasteiger partial charge in [-0.25, -0.2) is 9.59 Å². The van der Waals surface area contributed by atoms with Crippen molar-refractivity contribution in [1.82, 2.24) is 10.2 Å². The third-order valence-corrected chi connectivity index (χ3v) is 8.17. The van der Waals surface area contributed by atoms with E-state index in [4.69, 9.17) is 19.3 Å². The SMILES string of the molecule is COc1ccc2c3c1OC1C(OC(=O)[C@H](C)NC(=O)C[C@H](O)C(=O)O)=CC[C@@]4(O)[C@@H](C2)N(C)CCC314. The molecule has 36 heavy (non-hydrogen) atoms. The summed E-state index contributed by atoms with van der Waals surface area (Å²) in [5.74, 6) is -1.76. The topological polar surface area (TPSA) is 155 Å². The van der Waals surface area contributed by atoms with Crippen LogP contribution in [-0.4, -0.2) is 88.7 Å². The van der Waals surface area contributed by atoms with Gasteiger partial charge in [0.15, 0.2) is 23.7 Å². The second kappa shape index (κ2) is 8.46. The lowest BCUT2D eigenvalue weighted by Gasteiger charge is -2.61. The molecule has 0 radical (unpaired) electrons. The van der Waals surface area contributed by atoms with Gasteiger partial charge >= 0.3 is 11.9 Å². The van der Waals surface area contributed by atoms with Crippen LogP contribution in [0.3, 0.4) is 0 Å². The largest absolute Gasteiger partial charge is 0.493 e. The van der Waals surface area contributed by atoms with Gasteiger partial charge in [0.05, 0.1) is 24.5 Å². The van der Waals surface area contributed by atoms with Crippen molar-refractivity contribution in [3.05, 3.63) is 35.1 Å². The van der Waals surface area contributed by atoms with Gasteiger partial charge in [-0.1, -0.05) is 6.07 Å². The molecule has 1 aromatic carbocycles. The Morgan fingerprint density at radius 3 is 2.78 bits per heavy atom. The van der Waals surface area contributed by atoms with Crippen molar-refractivity contribution in [3.8, 4) is 11.5 Å². The average molecular weight is 503 g/mol. The van der Waals surface area contributed by atoms with Crippen LogP contribution in [0.2, 0.25) is 0 Å². The van der Waals surface area contributed by atoms with Crippen LogP contribution in [0.15, 0.2) is 24.0 Å². The molecule has 1 spiro atoms. The first-order valence-electron chi connectivity index (χ1n) is 11.9. The maximum Gasteiger partial charge on any atom is 0.333 e. The van der Waals surface area contributed by atoms with Crippen LogP contribution in [0.1, 0.15) is 37.3 Å². The molecule has 5 rings (SSSR count). The molecular formula is C25H30N2O9. The summed E-state index contributed by atoms with van der Waals surface area (Å²) >= 11 is 0. The van der Waals surface area contributed by atoms with E-state index in [2.05, 4.69) is 10.2 Å². The molecule has 4 N–H and O–H groups in total. The predicted molar refractivity (Wildman–Crippen MR) is 123 cm³/mol. The lowest BCUT2D eigenvalue weighted by atomic mass is 9.50. The minimum absolute atomic E-state index is 0.142. The number of ether oxygens (including phenoxy) is 3. The minimum atomic E-state index is -1.87. The number of nitrogens with one attached hydrogen (secondary N) is 1. The van der Waals surface area contributed by atoms with Crippen LogP contribution in [0.4, 0.5) is 0 Å². The van der Waals surface area contributed by atoms with E-state index < -0.39 is 53.5 Å². The first kappa shape index (κ1) is 24.5. The van der Waals surface area contributed by atoms with Gasteiger partial charge in [-0.2, -0.15) is 0 Å². The van der Waals surface area contributed by atoms with E-state index in [1.165, 1.54) is 6.92 Å². The zero-order valence-corrected chi connectivity index (χ0v) is 20.3. The molecule has 1 amide bonds. The highest BCUT2D eigenvalue weighted by atomic mass is 16.6. The van der Waals surface area contributed by atoms with Crippen molar-refractivity contribution >= 4 is 17.8 Å². The Morgan fingerprint density at radius 2 is 2.08 bits per heavy atom. The Bertz CT molecular complexity index is 1170. The van der Waals surface area contributed by atoms with Crippen molar-refractivity contribution in [2.45, 2.75) is 67.9 Å². The fourth-order valence-corrected chi connectivity index (χ4v) is 6.41. The first-order chi connectivity index (χ1) is 17.0. The summed E-state index contributed by atoms with van der Waals surface area (Å²) < 4.78 is 17.7. The fourth-order valence-electron chi connectivity index (χ4n) is 6.41. The number of nitrogens with zero attached hydrogens (tertiary/aromatic N) is 1. The maximum atomic E-state index is 12.9. The molecule has 11 nitrogen and oxygen atoms in total. The van der Waals surface area contributed by atoms with Crippen molar-refractivity contribution in [2.24, 2.45) is 0 Å². The molecule has 11 heteroatoms. The van der Waals surface area contributed by atoms with E-state index in [1.54, 1.807) is 13.2 Å². The normalized spacial score (nSPS) is 31.3. The molecule has 0 saturated carbocycles. The van der Waals surface area contributed by atoms with Crippen LogP contribution in [0.5, 0.6) is 11.5 Å². The molecule has 2 unspecified atom stereocenters. The summed E-state index contributed by atoms with van der Waals surface area (Å²) in [4.78, 5) is 37.9. The number of aliphatic hydroxyl groups is 2. The van der Waals surface area contributed by atoms with Crippen molar-refractivity contribution in [3.63, 3.8) is 0 Å². The smallest absolute Gasteiger partial charge is 0.333 e. The van der Waals surface area contributed by atoms with E-state index >= 15 is 0 Å². The molecule has 2 aliphatic heterocycles. The second-order valence-corrected chi connectivity index (χ2v) is 10.1. The number of hydrogen-bond acceptors (Lipinski definition) is 9. The predicted octanol–water partition coefficient (Wildman–Crippen LogP) is -0.144. The van der Waals surface area contributed by atoms with Crippen molar-refractivity contribution < 1.29 is 43.9 Å². The number of likely N-dealkylation sites (tertiary alicyclic amines) is 1. The minimum Gasteiger partial charge on any atom is -0.493 e. The van der Waals surface area contributed by atoms with Gasteiger partial charge in [-0.15, -0.1) is 0 Å². The number of carboxylic acids is 1. The molecule has 2 bridgehead atoms. The van der Waals surface area contributed by atoms with Crippen LogP contribution in [0, 0.1) is 0 Å². The number of aliphatic hydroxyl groups excluding tert-OH is 1. The zero-order chi connectivity index (χ0) is 26.0. The number of carbonyl (C=O) groups excluding carboxylic acids is 2. The number of esters is 1. The standard InChI is InChI=1S/C25H30N2O9/c1-12(26-18(29)11-14(28)22(30)31)23(32)35-16-6-7-25(33)17-10-13-4-5-15(34-3)20-19(13)24(25,21(16)36-20)8-9-27(17)2/h4-6,12,14,17,21,28,33H,7-11H2,1-3H3,(H,26,29)(H,30,31)/t12-,14-,17+,21?,24?,25+/m0/s1. The van der Waals surface area contributed by atoms with Crippen LogP contribution in [-0.2, 0) is 31.0 Å². The molecule has 2 heterocycles. The lowest BCUT2D eigenvalue weighted by Crippen LogP contribution is -2.74. The molecule has 1 aromatic rings. The molecule has 2 aliphatic carbocycles. The second-order valence-electron chi connectivity index (χ2n) is 10.1. The number of likely N-dealkylation sites (N-methyl/N-ethyl adjacent to an activating group) is 1. The average Bonchev–Trinajstić information content (AvgIpc) is 3.18. The van der Waals surface area contributed by atoms with Crippen molar-refractivity contribution in [1.29, 1.82) is 0 Å². The summed E-state index contributed by atoms with van der Waals surface area (Å²) in [5.41, 5.74) is 0.00583. The third-order valence-electron chi connectivity index (χ3n) is 8.17. The molecule has 1 fully saturated rings. The van der Waals surface area contributed by atoms with E-state index in [9.17, 15) is 24.6 Å². The Balaban J connectivity index is 1.44. The van der Waals surface area contributed by atoms with Crippen LogP contribution >= 0.6 is 0 Å². The molecule has 4 aliphatic rings. The van der Waals surface area contributed by atoms with E-state index in [1.807, 2.05) is 19.2 Å². The van der Waals surface area contributed by atoms with Gasteiger partial charge in [-0.3, -0.25) is 4.79 Å². The Morgan fingerprint density at radius 1 is 1.33 bits per heavy atom. The molecule has 194 valence electrons. The first-order valence-corrected chi connectivity index (χ1v) is 11.9. The molecular weight excluding hydrogens is 472 g/mol. The quantitative estimate of drug-likeness (QED) is 0.370. The number of benzene rings is 1. The number of methoxy groups -OCH3 is 1. The molecule has 6 atom stereocenters. The highest BCUT2D eigenvalue weighted by Crippen LogP contribution is 2.65.